The van der Waals surface area contributed by atoms with Gasteiger partial charge in [-0.05, 0) is 12.0 Å². The summed E-state index contributed by atoms with van der Waals surface area (Å²) in [6.07, 6.45) is 0.429. The fourth-order valence-corrected chi connectivity index (χ4v) is 1.07. The molecule has 5 nitrogen and oxygen atoms in total. The number of aliphatic hydroxyl groups excluding tert-OH is 1. The van der Waals surface area contributed by atoms with E-state index in [1.54, 1.807) is 0 Å². The lowest BCUT2D eigenvalue weighted by Gasteiger charge is -2.02. The third kappa shape index (κ3) is 1.88. The van der Waals surface area contributed by atoms with E-state index in [0.717, 1.165) is 0 Å². The van der Waals surface area contributed by atoms with Crippen molar-refractivity contribution in [2.45, 2.75) is 18.6 Å². The summed E-state index contributed by atoms with van der Waals surface area (Å²) in [5.74, 6) is 0. The zero-order valence-corrected chi connectivity index (χ0v) is 5.56. The molecule has 1 aliphatic heterocycles. The van der Waals surface area contributed by atoms with Gasteiger partial charge in [-0.2, -0.15) is 0 Å². The lowest BCUT2D eigenvalue weighted by atomic mass is 10.2. The van der Waals surface area contributed by atoms with E-state index in [-0.39, 0.29) is 12.1 Å². The minimum Gasteiger partial charge on any atom is -0.392 e. The van der Waals surface area contributed by atoms with Crippen LogP contribution in [0.2, 0.25) is 0 Å². The molecule has 1 saturated heterocycles. The molecule has 2 N–H and O–H groups in total. The van der Waals surface area contributed by atoms with E-state index in [9.17, 15) is 0 Å². The Morgan fingerprint density at radius 3 is 3.10 bits per heavy atom. The third-order valence-electron chi connectivity index (χ3n) is 1.56. The number of β-amino-alcohol motifs (C(OH)–C–C–N with tert-alkyl or cyclic N) is 1. The molecule has 0 amide bonds. The maximum atomic E-state index is 9.00. The zero-order chi connectivity index (χ0) is 7.40. The third-order valence-corrected chi connectivity index (χ3v) is 1.56. The first-order valence-electron chi connectivity index (χ1n) is 3.25. The van der Waals surface area contributed by atoms with Crippen LogP contribution in [-0.4, -0.2) is 30.3 Å². The smallest absolute Gasteiger partial charge is 0.0679 e. The summed E-state index contributed by atoms with van der Waals surface area (Å²) >= 11 is 0. The number of hydrogen-bond acceptors (Lipinski definition) is 3. The molecule has 0 radical (unpaired) electrons. The van der Waals surface area contributed by atoms with Crippen molar-refractivity contribution < 1.29 is 5.11 Å². The maximum Gasteiger partial charge on any atom is 0.0679 e. The molecule has 0 spiro atoms. The number of azide groups is 1. The topological polar surface area (TPSA) is 81.0 Å². The Bertz CT molecular complexity index is 154. The first-order valence-corrected chi connectivity index (χ1v) is 3.25. The molecule has 1 rings (SSSR count). The first-order chi connectivity index (χ1) is 4.83. The number of rotatable bonds is 2. The monoisotopic (exact) mass is 142 g/mol. The van der Waals surface area contributed by atoms with E-state index in [4.69, 9.17) is 10.6 Å². The maximum absolute atomic E-state index is 9.00. The molecule has 1 fully saturated rings. The van der Waals surface area contributed by atoms with E-state index >= 15 is 0 Å². The van der Waals surface area contributed by atoms with Gasteiger partial charge in [0.05, 0.1) is 6.10 Å². The van der Waals surface area contributed by atoms with E-state index in [0.29, 0.717) is 19.5 Å². The molecule has 56 valence electrons. The molecule has 0 saturated carbocycles. The van der Waals surface area contributed by atoms with E-state index in [2.05, 4.69) is 15.3 Å². The van der Waals surface area contributed by atoms with Crippen LogP contribution in [0, 0.1) is 0 Å². The quantitative estimate of drug-likeness (QED) is 0.323. The number of aliphatic hydroxyl groups is 1. The summed E-state index contributed by atoms with van der Waals surface area (Å²) in [4.78, 5) is 2.63. The van der Waals surface area contributed by atoms with E-state index < -0.39 is 0 Å². The number of nitrogens with one attached hydrogen (secondary N) is 1. The van der Waals surface area contributed by atoms with Gasteiger partial charge in [0, 0.05) is 24.0 Å². The van der Waals surface area contributed by atoms with Crippen molar-refractivity contribution in [3.8, 4) is 0 Å². The molecule has 0 aromatic rings. The van der Waals surface area contributed by atoms with Gasteiger partial charge in [0.15, 0.2) is 0 Å². The van der Waals surface area contributed by atoms with Crippen molar-refractivity contribution in [3.05, 3.63) is 10.4 Å². The molecular weight excluding hydrogens is 132 g/mol. The normalized spacial score (nSPS) is 31.7. The summed E-state index contributed by atoms with van der Waals surface area (Å²) in [6.45, 7) is 1.05. The summed E-state index contributed by atoms with van der Waals surface area (Å²) in [5.41, 5.74) is 7.96. The highest BCUT2D eigenvalue weighted by molar-refractivity contribution is 4.82. The van der Waals surface area contributed by atoms with Crippen LogP contribution in [0.25, 0.3) is 10.4 Å². The van der Waals surface area contributed by atoms with Crippen molar-refractivity contribution in [2.75, 3.05) is 13.1 Å². The first kappa shape index (κ1) is 7.34. The highest BCUT2D eigenvalue weighted by Gasteiger charge is 2.20. The van der Waals surface area contributed by atoms with Crippen molar-refractivity contribution in [2.24, 2.45) is 5.11 Å². The molecule has 2 atom stereocenters. The molecule has 0 unspecified atom stereocenters. The van der Waals surface area contributed by atoms with Gasteiger partial charge in [0.25, 0.3) is 0 Å². The van der Waals surface area contributed by atoms with Crippen molar-refractivity contribution in [3.63, 3.8) is 0 Å². The van der Waals surface area contributed by atoms with Crippen molar-refractivity contribution >= 4 is 0 Å². The predicted molar refractivity (Wildman–Crippen MR) is 36.4 cm³/mol. The SMILES string of the molecule is [N-]=[N+]=NC[C@@H]1C[C@H](O)CN1. The standard InChI is InChI=1S/C5H10N4O/c6-9-8-2-4-1-5(10)3-7-4/h4-5,7,10H,1-3H2/t4-,5-/m0/s1. The second-order valence-corrected chi connectivity index (χ2v) is 2.41. The average molecular weight is 142 g/mol. The second-order valence-electron chi connectivity index (χ2n) is 2.41. The molecule has 0 aromatic heterocycles. The zero-order valence-electron chi connectivity index (χ0n) is 5.56. The molecule has 5 heteroatoms. The van der Waals surface area contributed by atoms with Crippen molar-refractivity contribution in [1.29, 1.82) is 0 Å². The van der Waals surface area contributed by atoms with Crippen LogP contribution in [0.4, 0.5) is 0 Å². The van der Waals surface area contributed by atoms with Crippen LogP contribution in [0.1, 0.15) is 6.42 Å². The molecule has 1 aliphatic rings. The lowest BCUT2D eigenvalue weighted by molar-refractivity contribution is 0.193. The fourth-order valence-electron chi connectivity index (χ4n) is 1.07. The minimum atomic E-state index is -0.265. The number of nitrogens with zero attached hydrogens (tertiary/aromatic N) is 3. The van der Waals surface area contributed by atoms with Gasteiger partial charge in [-0.25, -0.2) is 0 Å². The van der Waals surface area contributed by atoms with Gasteiger partial charge in [0.1, 0.15) is 0 Å². The Kier molecular flexibility index (Phi) is 2.50. The molecule has 0 aliphatic carbocycles. The van der Waals surface area contributed by atoms with Crippen LogP contribution in [-0.2, 0) is 0 Å². The largest absolute Gasteiger partial charge is 0.392 e. The summed E-state index contributed by atoms with van der Waals surface area (Å²) in [5, 5.41) is 15.4. The molecule has 0 aromatic carbocycles. The van der Waals surface area contributed by atoms with Crippen LogP contribution in [0.5, 0.6) is 0 Å². The fraction of sp³-hybridized carbons (Fsp3) is 1.00. The molecule has 1 heterocycles. The Hall–Kier alpha value is -0.770. The average Bonchev–Trinajstić information content (AvgIpc) is 2.31. The van der Waals surface area contributed by atoms with Gasteiger partial charge in [0.2, 0.25) is 0 Å². The van der Waals surface area contributed by atoms with Gasteiger partial charge in [-0.15, -0.1) is 0 Å². The summed E-state index contributed by atoms with van der Waals surface area (Å²) in [6, 6.07) is 0.172. The van der Waals surface area contributed by atoms with Crippen LogP contribution in [0.15, 0.2) is 5.11 Å². The summed E-state index contributed by atoms with van der Waals surface area (Å²) in [7, 11) is 0. The Morgan fingerprint density at radius 2 is 2.60 bits per heavy atom. The Labute approximate surface area is 58.7 Å². The van der Waals surface area contributed by atoms with Crippen LogP contribution < -0.4 is 5.32 Å². The second kappa shape index (κ2) is 3.41. The molecular formula is C5H10N4O. The van der Waals surface area contributed by atoms with Gasteiger partial charge in [-0.3, -0.25) is 0 Å². The van der Waals surface area contributed by atoms with E-state index in [1.807, 2.05) is 0 Å². The highest BCUT2D eigenvalue weighted by Crippen LogP contribution is 2.05. The van der Waals surface area contributed by atoms with Gasteiger partial charge in [-0.1, -0.05) is 5.11 Å². The number of hydrogen-bond donors (Lipinski definition) is 2. The van der Waals surface area contributed by atoms with Crippen LogP contribution in [0.3, 0.4) is 0 Å². The summed E-state index contributed by atoms with van der Waals surface area (Å²) < 4.78 is 0. The minimum absolute atomic E-state index is 0.172. The lowest BCUT2D eigenvalue weighted by Crippen LogP contribution is -2.23. The molecule has 0 bridgehead atoms. The molecule has 10 heavy (non-hydrogen) atoms. The highest BCUT2D eigenvalue weighted by atomic mass is 16.3. The van der Waals surface area contributed by atoms with Gasteiger partial charge >= 0.3 is 0 Å². The van der Waals surface area contributed by atoms with E-state index in [1.165, 1.54) is 0 Å². The van der Waals surface area contributed by atoms with Crippen molar-refractivity contribution in [1.82, 2.24) is 5.32 Å². The van der Waals surface area contributed by atoms with Gasteiger partial charge < -0.3 is 10.4 Å². The Morgan fingerprint density at radius 1 is 1.80 bits per heavy atom. The van der Waals surface area contributed by atoms with Crippen LogP contribution >= 0.6 is 0 Å². The Balaban J connectivity index is 2.24. The predicted octanol–water partition coefficient (Wildman–Crippen LogP) is 0.0195.